The van der Waals surface area contributed by atoms with E-state index in [1.54, 1.807) is 27.7 Å². The molecule has 38 heavy (non-hydrogen) atoms. The number of ether oxygens (including phenoxy) is 3. The third-order valence-electron chi connectivity index (χ3n) is 6.81. The van der Waals surface area contributed by atoms with Crippen molar-refractivity contribution in [1.29, 1.82) is 0 Å². The third-order valence-corrected chi connectivity index (χ3v) is 6.81. The Kier molecular flexibility index (Phi) is 12.9. The van der Waals surface area contributed by atoms with Gasteiger partial charge in [0.2, 0.25) is 6.41 Å². The van der Waals surface area contributed by atoms with Gasteiger partial charge in [-0.25, -0.2) is 0 Å². The van der Waals surface area contributed by atoms with Gasteiger partial charge < -0.3 is 40.0 Å². The number of amides is 1. The number of carbonyl (C=O) groups excluding carboxylic acids is 2. The van der Waals surface area contributed by atoms with Gasteiger partial charge in [-0.15, -0.1) is 0 Å². The molecule has 1 amide bonds. The average molecular weight is 541 g/mol. The van der Waals surface area contributed by atoms with Gasteiger partial charge in [-0.3, -0.25) is 14.9 Å². The van der Waals surface area contributed by atoms with Gasteiger partial charge >= 0.3 is 5.97 Å². The molecule has 11 heteroatoms. The molecule has 6 N–H and O–H groups in total. The normalized spacial score (nSPS) is 29.1. The Morgan fingerprint density at radius 2 is 1.79 bits per heavy atom. The van der Waals surface area contributed by atoms with Crippen molar-refractivity contribution in [2.45, 2.75) is 110 Å². The van der Waals surface area contributed by atoms with Crippen molar-refractivity contribution in [2.75, 3.05) is 5.32 Å². The highest BCUT2D eigenvalue weighted by atomic mass is 16.6. The van der Waals surface area contributed by atoms with Crippen molar-refractivity contribution in [3.05, 3.63) is 23.8 Å². The first-order chi connectivity index (χ1) is 18.0. The number of carbonyl (C=O) groups is 2. The van der Waals surface area contributed by atoms with Crippen molar-refractivity contribution in [1.82, 2.24) is 5.32 Å². The van der Waals surface area contributed by atoms with Crippen molar-refractivity contribution < 1.29 is 44.2 Å². The van der Waals surface area contributed by atoms with E-state index >= 15 is 0 Å². The lowest BCUT2D eigenvalue weighted by Gasteiger charge is -2.34. The van der Waals surface area contributed by atoms with Crippen molar-refractivity contribution in [3.8, 4) is 5.75 Å². The molecule has 0 radical (unpaired) electrons. The smallest absolute Gasteiger partial charge is 0.308 e. The Morgan fingerprint density at radius 1 is 1.11 bits per heavy atom. The van der Waals surface area contributed by atoms with E-state index in [4.69, 9.17) is 14.2 Å². The minimum atomic E-state index is -1.54. The molecule has 0 aliphatic carbocycles. The first-order valence-electron chi connectivity index (χ1n) is 13.3. The number of anilines is 1. The molecule has 0 aromatic heterocycles. The maximum Gasteiger partial charge on any atom is 0.308 e. The van der Waals surface area contributed by atoms with E-state index in [-0.39, 0.29) is 17.0 Å². The first kappa shape index (κ1) is 31.9. The number of unbranched alkanes of at least 4 members (excludes halogenated alkanes) is 3. The number of aliphatic hydroxyl groups is 3. The molecule has 1 aromatic carbocycles. The monoisotopic (exact) mass is 540 g/mol. The maximum atomic E-state index is 12.5. The Balaban J connectivity index is 2.32. The number of phenols is 1. The van der Waals surface area contributed by atoms with Gasteiger partial charge in [-0.2, -0.15) is 0 Å². The van der Waals surface area contributed by atoms with Crippen molar-refractivity contribution in [3.63, 3.8) is 0 Å². The van der Waals surface area contributed by atoms with Gasteiger partial charge in [-0.05, 0) is 26.3 Å². The number of aliphatic hydroxyl groups excluding tert-OH is 3. The van der Waals surface area contributed by atoms with Gasteiger partial charge in [0.1, 0.15) is 18.1 Å². The summed E-state index contributed by atoms with van der Waals surface area (Å²) in [5, 5.41) is 48.6. The van der Waals surface area contributed by atoms with E-state index < -0.39 is 61.0 Å². The minimum absolute atomic E-state index is 0.0438. The molecule has 0 unspecified atom stereocenters. The van der Waals surface area contributed by atoms with Crippen LogP contribution in [0.2, 0.25) is 0 Å². The molecule has 1 heterocycles. The second-order valence-corrected chi connectivity index (χ2v) is 10.1. The largest absolute Gasteiger partial charge is 0.505 e. The second-order valence-electron chi connectivity index (χ2n) is 10.1. The number of para-hydroxylation sites is 1. The fourth-order valence-electron chi connectivity index (χ4n) is 4.55. The number of rotatable bonds is 12. The van der Waals surface area contributed by atoms with Crippen LogP contribution in [-0.2, 0) is 23.8 Å². The number of phenolic OH excluding ortho intramolecular Hbond substituents is 1. The number of hydrogen-bond acceptors (Lipinski definition) is 10. The number of hydrogen-bond donors (Lipinski definition) is 6. The first-order valence-corrected chi connectivity index (χ1v) is 13.3. The average Bonchev–Trinajstić information content (AvgIpc) is 2.88. The van der Waals surface area contributed by atoms with Crippen molar-refractivity contribution >= 4 is 18.1 Å². The lowest BCUT2D eigenvalue weighted by Crippen LogP contribution is -2.51. The highest BCUT2D eigenvalue weighted by Gasteiger charge is 2.43. The predicted molar refractivity (Wildman–Crippen MR) is 140 cm³/mol. The molecule has 0 saturated carbocycles. The number of aromatic hydroxyl groups is 1. The van der Waals surface area contributed by atoms with Crippen LogP contribution in [-0.4, -0.2) is 69.7 Å². The summed E-state index contributed by atoms with van der Waals surface area (Å²) in [4.78, 5) is 23.3. The molecule has 1 aliphatic rings. The molecule has 216 valence electrons. The number of benzene rings is 1. The minimum Gasteiger partial charge on any atom is -0.505 e. The fraction of sp³-hybridized carbons (Fsp3) is 0.704. The molecule has 1 fully saturated rings. The summed E-state index contributed by atoms with van der Waals surface area (Å²) in [5.41, 5.74) is 0.140. The van der Waals surface area contributed by atoms with E-state index in [1.165, 1.54) is 18.2 Å². The van der Waals surface area contributed by atoms with Gasteiger partial charge in [0.25, 0.3) is 0 Å². The Bertz CT molecular complexity index is 884. The molecule has 8 atom stereocenters. The topological polar surface area (TPSA) is 167 Å². The summed E-state index contributed by atoms with van der Waals surface area (Å²) < 4.78 is 17.5. The number of nitrogens with one attached hydrogen (secondary N) is 2. The van der Waals surface area contributed by atoms with E-state index in [1.807, 2.05) is 0 Å². The summed E-state index contributed by atoms with van der Waals surface area (Å²) in [6.45, 7) is 8.76. The Morgan fingerprint density at radius 3 is 2.42 bits per heavy atom. The van der Waals surface area contributed by atoms with E-state index in [2.05, 4.69) is 17.6 Å². The quantitative estimate of drug-likeness (QED) is 0.0762. The van der Waals surface area contributed by atoms with Crippen LogP contribution < -0.4 is 10.6 Å². The van der Waals surface area contributed by atoms with Gasteiger partial charge in [-0.1, -0.05) is 58.6 Å². The van der Waals surface area contributed by atoms with E-state index in [9.17, 15) is 30.0 Å². The van der Waals surface area contributed by atoms with Crippen LogP contribution in [0.3, 0.4) is 0 Å². The van der Waals surface area contributed by atoms with Gasteiger partial charge in [0.15, 0.2) is 12.6 Å². The molecule has 1 aromatic rings. The van der Waals surface area contributed by atoms with Crippen LogP contribution in [0.25, 0.3) is 0 Å². The lowest BCUT2D eigenvalue weighted by atomic mass is 9.91. The van der Waals surface area contributed by atoms with Crippen LogP contribution >= 0.6 is 0 Å². The number of esters is 1. The zero-order valence-electron chi connectivity index (χ0n) is 22.9. The van der Waals surface area contributed by atoms with Gasteiger partial charge in [0.05, 0.1) is 29.9 Å². The molecule has 1 saturated heterocycles. The summed E-state index contributed by atoms with van der Waals surface area (Å²) in [5.74, 6) is -1.83. The second kappa shape index (κ2) is 15.3. The van der Waals surface area contributed by atoms with Crippen molar-refractivity contribution in [2.24, 2.45) is 11.8 Å². The lowest BCUT2D eigenvalue weighted by molar-refractivity contribution is -0.204. The van der Waals surface area contributed by atoms with E-state index in [0.717, 1.165) is 25.7 Å². The Labute approximate surface area is 224 Å². The summed E-state index contributed by atoms with van der Waals surface area (Å²) in [6.07, 6.45) is -2.26. The molecular formula is C27H44N2O9. The Hall–Kier alpha value is -2.28. The third kappa shape index (κ3) is 8.62. The van der Waals surface area contributed by atoms with Crippen LogP contribution in [0.5, 0.6) is 5.75 Å². The molecule has 0 bridgehead atoms. The summed E-state index contributed by atoms with van der Waals surface area (Å²) >= 11 is 0. The SMILES string of the molecule is CCCCCC[C@@H]1[C@@H](OC(=O)C(C)C)[C@H](C)O[C@@H](O)[C@@H](N[C@H](O)c2cccc(NC=O)c2O)[C@@H](C)O[C@H]1O. The van der Waals surface area contributed by atoms with Crippen LogP contribution in [0.15, 0.2) is 18.2 Å². The highest BCUT2D eigenvalue weighted by Crippen LogP contribution is 2.33. The van der Waals surface area contributed by atoms with Crippen LogP contribution in [0, 0.1) is 11.8 Å². The maximum absolute atomic E-state index is 12.5. The zero-order valence-corrected chi connectivity index (χ0v) is 22.9. The van der Waals surface area contributed by atoms with Crippen LogP contribution in [0.4, 0.5) is 5.69 Å². The summed E-state index contributed by atoms with van der Waals surface area (Å²) in [6, 6.07) is 3.37. The van der Waals surface area contributed by atoms with Crippen LogP contribution in [0.1, 0.15) is 78.5 Å². The summed E-state index contributed by atoms with van der Waals surface area (Å²) in [7, 11) is 0. The van der Waals surface area contributed by atoms with Gasteiger partial charge in [0, 0.05) is 11.5 Å². The molecular weight excluding hydrogens is 496 g/mol. The van der Waals surface area contributed by atoms with E-state index in [0.29, 0.717) is 12.8 Å². The molecule has 11 nitrogen and oxygen atoms in total. The fourth-order valence-corrected chi connectivity index (χ4v) is 4.55. The molecule has 1 aliphatic heterocycles. The predicted octanol–water partition coefficient (Wildman–Crippen LogP) is 2.52. The molecule has 2 rings (SSSR count). The highest BCUT2D eigenvalue weighted by molar-refractivity contribution is 5.76. The molecule has 0 spiro atoms. The zero-order chi connectivity index (χ0) is 28.4. The standard InChI is InChI=1S/C27H44N2O9/c1-6-7-8-9-11-19-23(38-25(33)15(2)3)17(5)37-27(35)21(16(4)36-26(19)34)29-24(32)18-12-10-13-20(22(18)31)28-14-30/h10,12-17,19,21,23-24,26-27,29,31-32,34-35H,6-9,11H2,1-5H3,(H,28,30)/t16-,17+,19-,21+,23+,24-,26-,27-/m1/s1.